The van der Waals surface area contributed by atoms with Crippen LogP contribution < -0.4 is 0 Å². The van der Waals surface area contributed by atoms with Crippen molar-refractivity contribution >= 4 is 5.91 Å². The fourth-order valence-corrected chi connectivity index (χ4v) is 2.64. The molecule has 0 aromatic heterocycles. The first kappa shape index (κ1) is 10.0. The van der Waals surface area contributed by atoms with Gasteiger partial charge in [0.1, 0.15) is 0 Å². The molecule has 2 rings (SSSR count). The van der Waals surface area contributed by atoms with Gasteiger partial charge in [-0.25, -0.2) is 0 Å². The molecule has 2 nitrogen and oxygen atoms in total. The molecule has 0 bridgehead atoms. The molecule has 1 amide bonds. The van der Waals surface area contributed by atoms with Crippen LogP contribution in [0.25, 0.3) is 0 Å². The molecule has 2 aliphatic rings. The number of carbonyl (C=O) groups excluding carboxylic acids is 1. The standard InChI is InChI=1S/C12H21NO/c14-12-8-10-13(12)9-4-7-11-5-2-1-3-6-11/h11H,1-10H2. The van der Waals surface area contributed by atoms with E-state index in [-0.39, 0.29) is 0 Å². The van der Waals surface area contributed by atoms with Crippen LogP contribution in [0.1, 0.15) is 51.4 Å². The average molecular weight is 195 g/mol. The first-order valence-corrected chi connectivity index (χ1v) is 6.14. The van der Waals surface area contributed by atoms with Crippen LogP contribution in [-0.2, 0) is 4.79 Å². The van der Waals surface area contributed by atoms with Gasteiger partial charge in [-0.3, -0.25) is 4.79 Å². The molecule has 0 radical (unpaired) electrons. The number of likely N-dealkylation sites (tertiary alicyclic amines) is 1. The summed E-state index contributed by atoms with van der Waals surface area (Å²) >= 11 is 0. The lowest BCUT2D eigenvalue weighted by molar-refractivity contribution is -0.139. The summed E-state index contributed by atoms with van der Waals surface area (Å²) in [5.41, 5.74) is 0. The normalized spacial score (nSPS) is 23.7. The summed E-state index contributed by atoms with van der Waals surface area (Å²) in [5, 5.41) is 0. The molecule has 0 aromatic carbocycles. The molecule has 0 unspecified atom stereocenters. The van der Waals surface area contributed by atoms with Crippen LogP contribution in [-0.4, -0.2) is 23.9 Å². The van der Waals surface area contributed by atoms with E-state index in [0.717, 1.165) is 25.4 Å². The SMILES string of the molecule is O=C1CCN1CCCC1CCCCC1. The van der Waals surface area contributed by atoms with E-state index in [2.05, 4.69) is 0 Å². The van der Waals surface area contributed by atoms with E-state index in [9.17, 15) is 4.79 Å². The predicted octanol–water partition coefficient (Wildman–Crippen LogP) is 2.58. The molecule has 0 aromatic rings. The van der Waals surface area contributed by atoms with Crippen molar-refractivity contribution in [2.45, 2.75) is 51.4 Å². The van der Waals surface area contributed by atoms with Crippen molar-refractivity contribution in [1.82, 2.24) is 4.90 Å². The fraction of sp³-hybridized carbons (Fsp3) is 0.917. The second-order valence-electron chi connectivity index (χ2n) is 4.78. The molecule has 1 saturated carbocycles. The van der Waals surface area contributed by atoms with Crippen LogP contribution in [0.4, 0.5) is 0 Å². The third kappa shape index (κ3) is 2.49. The molecule has 0 N–H and O–H groups in total. The Hall–Kier alpha value is -0.530. The Labute approximate surface area is 86.7 Å². The molecule has 1 saturated heterocycles. The third-order valence-electron chi connectivity index (χ3n) is 3.71. The summed E-state index contributed by atoms with van der Waals surface area (Å²) < 4.78 is 0. The smallest absolute Gasteiger partial charge is 0.224 e. The van der Waals surface area contributed by atoms with Gasteiger partial charge in [0.15, 0.2) is 0 Å². The number of nitrogens with zero attached hydrogens (tertiary/aromatic N) is 1. The lowest BCUT2D eigenvalue weighted by atomic mass is 9.86. The maximum absolute atomic E-state index is 11.0. The zero-order chi connectivity index (χ0) is 9.80. The topological polar surface area (TPSA) is 20.3 Å². The Bertz CT molecular complexity index is 196. The molecule has 1 heterocycles. The van der Waals surface area contributed by atoms with Gasteiger partial charge in [-0.1, -0.05) is 32.1 Å². The Morgan fingerprint density at radius 1 is 1.21 bits per heavy atom. The van der Waals surface area contributed by atoms with Gasteiger partial charge in [0, 0.05) is 19.5 Å². The second kappa shape index (κ2) is 4.81. The van der Waals surface area contributed by atoms with Crippen LogP contribution in [0.2, 0.25) is 0 Å². The van der Waals surface area contributed by atoms with Gasteiger partial charge in [0.05, 0.1) is 0 Å². The number of β-lactam (4-membered cyclic amide) rings is 1. The maximum atomic E-state index is 11.0. The van der Waals surface area contributed by atoms with Crippen molar-refractivity contribution in [2.75, 3.05) is 13.1 Å². The molecule has 0 spiro atoms. The summed E-state index contributed by atoms with van der Waals surface area (Å²) in [7, 11) is 0. The second-order valence-corrected chi connectivity index (χ2v) is 4.78. The van der Waals surface area contributed by atoms with Gasteiger partial charge in [-0.2, -0.15) is 0 Å². The molecular formula is C12H21NO. The molecule has 2 fully saturated rings. The van der Waals surface area contributed by atoms with Gasteiger partial charge in [0.2, 0.25) is 5.91 Å². The first-order valence-electron chi connectivity index (χ1n) is 6.14. The molecule has 1 aliphatic carbocycles. The molecule has 80 valence electrons. The molecule has 1 aliphatic heterocycles. The maximum Gasteiger partial charge on any atom is 0.224 e. The van der Waals surface area contributed by atoms with E-state index in [4.69, 9.17) is 0 Å². The summed E-state index contributed by atoms with van der Waals surface area (Å²) in [6.45, 7) is 2.04. The van der Waals surface area contributed by atoms with E-state index in [1.807, 2.05) is 4.90 Å². The lowest BCUT2D eigenvalue weighted by Crippen LogP contribution is -2.43. The highest BCUT2D eigenvalue weighted by Gasteiger charge is 2.23. The van der Waals surface area contributed by atoms with Crippen LogP contribution in [0.5, 0.6) is 0 Å². The van der Waals surface area contributed by atoms with E-state index in [1.165, 1.54) is 44.9 Å². The van der Waals surface area contributed by atoms with Crippen LogP contribution >= 0.6 is 0 Å². The van der Waals surface area contributed by atoms with Crippen molar-refractivity contribution in [3.8, 4) is 0 Å². The minimum Gasteiger partial charge on any atom is -0.342 e. The number of rotatable bonds is 4. The van der Waals surface area contributed by atoms with Crippen LogP contribution in [0.3, 0.4) is 0 Å². The third-order valence-corrected chi connectivity index (χ3v) is 3.71. The van der Waals surface area contributed by atoms with Crippen LogP contribution in [0, 0.1) is 5.92 Å². The molecular weight excluding hydrogens is 174 g/mol. The minimum absolute atomic E-state index is 0.369. The van der Waals surface area contributed by atoms with Crippen molar-refractivity contribution in [2.24, 2.45) is 5.92 Å². The van der Waals surface area contributed by atoms with Crippen molar-refractivity contribution in [3.63, 3.8) is 0 Å². The zero-order valence-electron chi connectivity index (χ0n) is 9.00. The van der Waals surface area contributed by atoms with E-state index in [1.54, 1.807) is 0 Å². The van der Waals surface area contributed by atoms with Crippen LogP contribution in [0.15, 0.2) is 0 Å². The van der Waals surface area contributed by atoms with Crippen molar-refractivity contribution in [3.05, 3.63) is 0 Å². The number of hydrogen-bond acceptors (Lipinski definition) is 1. The minimum atomic E-state index is 0.369. The highest BCUT2D eigenvalue weighted by molar-refractivity contribution is 5.81. The Morgan fingerprint density at radius 2 is 2.00 bits per heavy atom. The summed E-state index contributed by atoms with van der Waals surface area (Å²) in [6.07, 6.45) is 10.6. The van der Waals surface area contributed by atoms with Gasteiger partial charge in [-0.15, -0.1) is 0 Å². The van der Waals surface area contributed by atoms with Gasteiger partial charge in [0.25, 0.3) is 0 Å². The Balaban J connectivity index is 1.55. The molecule has 0 atom stereocenters. The van der Waals surface area contributed by atoms with E-state index in [0.29, 0.717) is 5.91 Å². The van der Waals surface area contributed by atoms with E-state index < -0.39 is 0 Å². The quantitative estimate of drug-likeness (QED) is 0.631. The van der Waals surface area contributed by atoms with Gasteiger partial charge in [-0.05, 0) is 18.8 Å². The fourth-order valence-electron chi connectivity index (χ4n) is 2.64. The number of carbonyl (C=O) groups is 1. The summed E-state index contributed by atoms with van der Waals surface area (Å²) in [5.74, 6) is 1.34. The number of hydrogen-bond donors (Lipinski definition) is 0. The van der Waals surface area contributed by atoms with E-state index >= 15 is 0 Å². The van der Waals surface area contributed by atoms with Crippen molar-refractivity contribution in [1.29, 1.82) is 0 Å². The largest absolute Gasteiger partial charge is 0.342 e. The summed E-state index contributed by atoms with van der Waals surface area (Å²) in [6, 6.07) is 0. The highest BCUT2D eigenvalue weighted by Crippen LogP contribution is 2.27. The molecule has 14 heavy (non-hydrogen) atoms. The zero-order valence-corrected chi connectivity index (χ0v) is 9.00. The highest BCUT2D eigenvalue weighted by atomic mass is 16.2. The van der Waals surface area contributed by atoms with Gasteiger partial charge >= 0.3 is 0 Å². The predicted molar refractivity (Wildman–Crippen MR) is 57.0 cm³/mol. The Morgan fingerprint density at radius 3 is 2.57 bits per heavy atom. The lowest BCUT2D eigenvalue weighted by Gasteiger charge is -2.31. The van der Waals surface area contributed by atoms with Crippen molar-refractivity contribution < 1.29 is 4.79 Å². The number of amides is 1. The van der Waals surface area contributed by atoms with Gasteiger partial charge < -0.3 is 4.90 Å². The monoisotopic (exact) mass is 195 g/mol. The molecule has 2 heteroatoms. The average Bonchev–Trinajstić information content (AvgIpc) is 2.24. The summed E-state index contributed by atoms with van der Waals surface area (Å²) in [4.78, 5) is 13.0. The Kier molecular flexibility index (Phi) is 3.44. The first-order chi connectivity index (χ1) is 6.86.